The zero-order valence-electron chi connectivity index (χ0n) is 17.9. The van der Waals surface area contributed by atoms with Gasteiger partial charge in [-0.15, -0.1) is 10.2 Å². The van der Waals surface area contributed by atoms with Gasteiger partial charge in [-0.25, -0.2) is 0 Å². The molecular weight excluding hydrogens is 462 g/mol. The molecule has 4 aromatic rings. The number of carbonyl (C=O) groups is 2. The molecule has 0 saturated carbocycles. The molecule has 2 aromatic heterocycles. The van der Waals surface area contributed by atoms with Gasteiger partial charge in [0.2, 0.25) is 10.9 Å². The number of nitrogens with zero attached hydrogens (tertiary/aromatic N) is 2. The van der Waals surface area contributed by atoms with E-state index in [1.54, 1.807) is 24.3 Å². The molecule has 0 aliphatic heterocycles. The van der Waals surface area contributed by atoms with Crippen molar-refractivity contribution in [3.8, 4) is 0 Å². The highest BCUT2D eigenvalue weighted by Gasteiger charge is 2.14. The molecule has 3 N–H and O–H groups in total. The van der Waals surface area contributed by atoms with Gasteiger partial charge in [-0.1, -0.05) is 40.6 Å². The van der Waals surface area contributed by atoms with Gasteiger partial charge in [0, 0.05) is 34.4 Å². The Morgan fingerprint density at radius 1 is 1.18 bits per heavy atom. The highest BCUT2D eigenvalue weighted by atomic mass is 35.5. The van der Waals surface area contributed by atoms with Crippen LogP contribution < -0.4 is 10.6 Å². The summed E-state index contributed by atoms with van der Waals surface area (Å²) in [5.41, 5.74) is 4.01. The summed E-state index contributed by atoms with van der Waals surface area (Å²) in [4.78, 5) is 27.6. The smallest absolute Gasteiger partial charge is 0.286 e. The second-order valence-electron chi connectivity index (χ2n) is 7.42. The van der Waals surface area contributed by atoms with E-state index in [0.29, 0.717) is 22.3 Å². The monoisotopic (exact) mass is 483 g/mol. The van der Waals surface area contributed by atoms with Crippen LogP contribution in [-0.4, -0.2) is 40.1 Å². The maximum Gasteiger partial charge on any atom is 0.286 e. The van der Waals surface area contributed by atoms with E-state index in [9.17, 15) is 9.59 Å². The van der Waals surface area contributed by atoms with E-state index < -0.39 is 0 Å². The summed E-state index contributed by atoms with van der Waals surface area (Å²) in [7, 11) is 0. The van der Waals surface area contributed by atoms with E-state index in [1.807, 2.05) is 6.20 Å². The first-order valence-electron chi connectivity index (χ1n) is 10.3. The van der Waals surface area contributed by atoms with Crippen LogP contribution >= 0.6 is 22.9 Å². The van der Waals surface area contributed by atoms with E-state index in [-0.39, 0.29) is 30.0 Å². The minimum Gasteiger partial charge on any atom is -0.364 e. The lowest BCUT2D eigenvalue weighted by Gasteiger charge is -2.05. The molecule has 10 heteroatoms. The van der Waals surface area contributed by atoms with Gasteiger partial charge in [0.25, 0.3) is 5.91 Å². The number of benzene rings is 2. The van der Waals surface area contributed by atoms with Gasteiger partial charge in [-0.2, -0.15) is 0 Å². The number of aromatic amines is 1. The van der Waals surface area contributed by atoms with Crippen molar-refractivity contribution in [2.75, 3.05) is 18.5 Å². The molecule has 2 amide bonds. The summed E-state index contributed by atoms with van der Waals surface area (Å²) in [5.74, 6) is -0.597. The van der Waals surface area contributed by atoms with Crippen LogP contribution in [0.4, 0.5) is 5.69 Å². The Kier molecular flexibility index (Phi) is 7.33. The Morgan fingerprint density at radius 2 is 2.06 bits per heavy atom. The SMILES string of the molecule is Cc1ccc2[nH]cc(CCNC(=O)COCc3nnc(C(=O)Nc4cccc(Cl)c4)s3)c2c1. The van der Waals surface area contributed by atoms with Crippen LogP contribution in [0.15, 0.2) is 48.7 Å². The fourth-order valence-corrected chi connectivity index (χ4v) is 4.13. The standard InChI is InChI=1S/C23H22ClN5O3S/c1-14-5-6-19-18(9-14)15(11-26-19)7-8-25-20(30)12-32-13-21-28-29-23(33-21)22(31)27-17-4-2-3-16(24)10-17/h2-6,9-11,26H,7-8,12-13H2,1H3,(H,25,30)(H,27,31). The third-order valence-electron chi connectivity index (χ3n) is 4.84. The fraction of sp³-hybridized carbons (Fsp3) is 0.217. The fourth-order valence-electron chi connectivity index (χ4n) is 3.27. The number of anilines is 1. The number of halogens is 1. The summed E-state index contributed by atoms with van der Waals surface area (Å²) in [6, 6.07) is 13.1. The molecule has 0 aliphatic carbocycles. The van der Waals surface area contributed by atoms with Crippen LogP contribution in [0.1, 0.15) is 25.9 Å². The van der Waals surface area contributed by atoms with Gasteiger partial charge in [-0.3, -0.25) is 9.59 Å². The first-order chi connectivity index (χ1) is 16.0. The Bertz CT molecular complexity index is 1290. The van der Waals surface area contributed by atoms with Crippen LogP contribution in [0.25, 0.3) is 10.9 Å². The maximum absolute atomic E-state index is 12.3. The number of aryl methyl sites for hydroxylation is 1. The molecular formula is C23H22ClN5O3S. The van der Waals surface area contributed by atoms with E-state index in [2.05, 4.69) is 50.9 Å². The van der Waals surface area contributed by atoms with Gasteiger partial charge in [0.05, 0.1) is 0 Å². The molecule has 0 unspecified atom stereocenters. The third kappa shape index (κ3) is 6.16. The van der Waals surface area contributed by atoms with E-state index >= 15 is 0 Å². The number of hydrogen-bond donors (Lipinski definition) is 3. The third-order valence-corrected chi connectivity index (χ3v) is 5.97. The number of H-pyrrole nitrogens is 1. The molecule has 0 saturated heterocycles. The number of aromatic nitrogens is 3. The minimum absolute atomic E-state index is 0.0945. The summed E-state index contributed by atoms with van der Waals surface area (Å²) in [6.07, 6.45) is 2.69. The normalized spacial score (nSPS) is 11.0. The number of hydrogen-bond acceptors (Lipinski definition) is 6. The van der Waals surface area contributed by atoms with Crippen LogP contribution in [-0.2, 0) is 22.6 Å². The Labute approximate surface area is 199 Å². The molecule has 0 bridgehead atoms. The van der Waals surface area contributed by atoms with Crippen LogP contribution in [0.3, 0.4) is 0 Å². The predicted octanol–water partition coefficient (Wildman–Crippen LogP) is 4.11. The van der Waals surface area contributed by atoms with Crippen molar-refractivity contribution in [3.63, 3.8) is 0 Å². The highest BCUT2D eigenvalue weighted by molar-refractivity contribution is 7.13. The number of amides is 2. The zero-order valence-corrected chi connectivity index (χ0v) is 19.4. The topological polar surface area (TPSA) is 109 Å². The first kappa shape index (κ1) is 22.9. The van der Waals surface area contributed by atoms with Gasteiger partial charge in [0.15, 0.2) is 0 Å². The van der Waals surface area contributed by atoms with Crippen LogP contribution in [0, 0.1) is 6.92 Å². The van der Waals surface area contributed by atoms with Crippen LogP contribution in [0.5, 0.6) is 0 Å². The van der Waals surface area contributed by atoms with E-state index in [0.717, 1.165) is 28.8 Å². The van der Waals surface area contributed by atoms with Crippen molar-refractivity contribution in [1.82, 2.24) is 20.5 Å². The first-order valence-corrected chi connectivity index (χ1v) is 11.5. The second-order valence-corrected chi connectivity index (χ2v) is 8.92. The quantitative estimate of drug-likeness (QED) is 0.332. The molecule has 2 heterocycles. The average molecular weight is 484 g/mol. The number of ether oxygens (including phenoxy) is 1. The Hall–Kier alpha value is -3.27. The highest BCUT2D eigenvalue weighted by Crippen LogP contribution is 2.20. The van der Waals surface area contributed by atoms with Gasteiger partial charge in [-0.05, 0) is 49.2 Å². The second kappa shape index (κ2) is 10.6. The molecule has 8 nitrogen and oxygen atoms in total. The predicted molar refractivity (Wildman–Crippen MR) is 129 cm³/mol. The van der Waals surface area contributed by atoms with Gasteiger partial charge in [0.1, 0.15) is 18.2 Å². The number of nitrogens with one attached hydrogen (secondary N) is 3. The Balaban J connectivity index is 1.19. The lowest BCUT2D eigenvalue weighted by molar-refractivity contribution is -0.126. The molecule has 0 spiro atoms. The molecule has 4 rings (SSSR count). The summed E-state index contributed by atoms with van der Waals surface area (Å²) in [6.45, 7) is 2.56. The van der Waals surface area contributed by atoms with Crippen molar-refractivity contribution >= 4 is 51.3 Å². The lowest BCUT2D eigenvalue weighted by Crippen LogP contribution is -2.29. The summed E-state index contributed by atoms with van der Waals surface area (Å²) in [5, 5.41) is 15.8. The largest absolute Gasteiger partial charge is 0.364 e. The summed E-state index contributed by atoms with van der Waals surface area (Å²) >= 11 is 7.03. The molecule has 0 radical (unpaired) electrons. The maximum atomic E-state index is 12.3. The minimum atomic E-state index is -0.383. The molecule has 170 valence electrons. The number of carbonyl (C=O) groups excluding carboxylic acids is 2. The number of rotatable bonds is 9. The number of fused-ring (bicyclic) bond motifs is 1. The van der Waals surface area contributed by atoms with E-state index in [4.69, 9.17) is 16.3 Å². The van der Waals surface area contributed by atoms with Crippen molar-refractivity contribution in [3.05, 3.63) is 74.8 Å². The van der Waals surface area contributed by atoms with Crippen molar-refractivity contribution in [1.29, 1.82) is 0 Å². The Morgan fingerprint density at radius 3 is 2.91 bits per heavy atom. The van der Waals surface area contributed by atoms with Crippen molar-refractivity contribution < 1.29 is 14.3 Å². The van der Waals surface area contributed by atoms with Crippen molar-refractivity contribution in [2.24, 2.45) is 0 Å². The zero-order chi connectivity index (χ0) is 23.2. The lowest BCUT2D eigenvalue weighted by atomic mass is 10.1. The molecule has 0 fully saturated rings. The van der Waals surface area contributed by atoms with E-state index in [1.165, 1.54) is 10.9 Å². The molecule has 0 aliphatic rings. The average Bonchev–Trinajstić information content (AvgIpc) is 3.41. The van der Waals surface area contributed by atoms with Gasteiger partial charge < -0.3 is 20.4 Å². The molecule has 0 atom stereocenters. The molecule has 33 heavy (non-hydrogen) atoms. The van der Waals surface area contributed by atoms with Crippen LogP contribution in [0.2, 0.25) is 5.02 Å². The molecule has 2 aromatic carbocycles. The van der Waals surface area contributed by atoms with Crippen molar-refractivity contribution in [2.45, 2.75) is 20.0 Å². The summed E-state index contributed by atoms with van der Waals surface area (Å²) < 4.78 is 5.42. The van der Waals surface area contributed by atoms with Gasteiger partial charge >= 0.3 is 0 Å².